The maximum absolute atomic E-state index is 14.4. The maximum Gasteiger partial charge on any atom is 0.310 e. The van der Waals surface area contributed by atoms with E-state index in [-0.39, 0.29) is 42.0 Å². The first kappa shape index (κ1) is 32.1. The lowest BCUT2D eigenvalue weighted by Gasteiger charge is -2.19. The predicted molar refractivity (Wildman–Crippen MR) is 155 cm³/mol. The van der Waals surface area contributed by atoms with E-state index in [2.05, 4.69) is 20.7 Å². The van der Waals surface area contributed by atoms with E-state index in [1.165, 1.54) is 30.3 Å². The molecular weight excluding hydrogens is 544 g/mol. The van der Waals surface area contributed by atoms with Crippen molar-refractivity contribution in [1.29, 1.82) is 0 Å². The van der Waals surface area contributed by atoms with Crippen molar-refractivity contribution in [2.75, 3.05) is 0 Å². The number of hydrogen-bond donors (Lipinski definition) is 2. The van der Waals surface area contributed by atoms with Gasteiger partial charge in [-0.3, -0.25) is 14.4 Å². The van der Waals surface area contributed by atoms with E-state index in [4.69, 9.17) is 4.74 Å². The fourth-order valence-electron chi connectivity index (χ4n) is 4.49. The first-order valence-electron chi connectivity index (χ1n) is 13.9. The monoisotopic (exact) mass is 581 g/mol. The molecule has 1 atom stereocenters. The molecule has 0 aliphatic heterocycles. The van der Waals surface area contributed by atoms with E-state index in [1.807, 2.05) is 32.9 Å². The number of rotatable bonds is 7. The van der Waals surface area contributed by atoms with Crippen LogP contribution in [-0.2, 0) is 16.1 Å². The molecule has 1 aliphatic rings. The summed E-state index contributed by atoms with van der Waals surface area (Å²) >= 11 is 0. The average Bonchev–Trinajstić information content (AvgIpc) is 3.53. The van der Waals surface area contributed by atoms with E-state index in [1.54, 1.807) is 20.8 Å². The molecule has 42 heavy (non-hydrogen) atoms. The van der Waals surface area contributed by atoms with Crippen LogP contribution in [0.25, 0.3) is 5.65 Å². The van der Waals surface area contributed by atoms with Crippen LogP contribution in [0.4, 0.5) is 8.78 Å². The van der Waals surface area contributed by atoms with Crippen LogP contribution in [0.15, 0.2) is 59.8 Å². The van der Waals surface area contributed by atoms with Crippen LogP contribution in [0.1, 0.15) is 87.3 Å². The summed E-state index contributed by atoms with van der Waals surface area (Å²) in [7, 11) is 0. The van der Waals surface area contributed by atoms with Crippen molar-refractivity contribution >= 4 is 23.4 Å². The molecule has 1 aliphatic carbocycles. The highest BCUT2D eigenvalue weighted by atomic mass is 19.1. The minimum atomic E-state index is -0.787. The zero-order chi connectivity index (χ0) is 31.0. The van der Waals surface area contributed by atoms with Gasteiger partial charge in [0.05, 0.1) is 18.7 Å². The Hall–Kier alpha value is -4.41. The van der Waals surface area contributed by atoms with Crippen molar-refractivity contribution < 1.29 is 27.9 Å². The predicted octanol–water partition coefficient (Wildman–Crippen LogP) is 5.46. The molecule has 0 radical (unpaired) electrons. The van der Waals surface area contributed by atoms with Gasteiger partial charge in [0, 0.05) is 12.6 Å². The molecule has 1 aromatic carbocycles. The van der Waals surface area contributed by atoms with Gasteiger partial charge in [-0.2, -0.15) is 5.10 Å². The Balaban J connectivity index is 0.00000237. The lowest BCUT2D eigenvalue weighted by atomic mass is 10.1. The van der Waals surface area contributed by atoms with Crippen molar-refractivity contribution in [3.8, 4) is 0 Å². The van der Waals surface area contributed by atoms with Crippen molar-refractivity contribution in [3.05, 3.63) is 88.4 Å². The number of nitrogens with one attached hydrogen (secondary N) is 2. The summed E-state index contributed by atoms with van der Waals surface area (Å²) in [6.45, 7) is 11.3. The molecule has 1 fully saturated rings. The second kappa shape index (κ2) is 14.0. The van der Waals surface area contributed by atoms with Crippen LogP contribution in [0, 0.1) is 11.6 Å². The molecule has 0 spiro atoms. The Labute approximate surface area is 244 Å². The fourth-order valence-corrected chi connectivity index (χ4v) is 4.49. The minimum absolute atomic E-state index is 0.0672. The number of benzene rings is 1. The van der Waals surface area contributed by atoms with Gasteiger partial charge in [0.25, 0.3) is 11.8 Å². The molecule has 2 N–H and O–H groups in total. The molecular formula is C31H37F2N5O4. The third-order valence-corrected chi connectivity index (χ3v) is 6.26. The smallest absolute Gasteiger partial charge is 0.310 e. The van der Waals surface area contributed by atoms with Crippen LogP contribution in [0.2, 0.25) is 0 Å². The van der Waals surface area contributed by atoms with Gasteiger partial charge >= 0.3 is 5.97 Å². The molecule has 2 heterocycles. The number of aromatic nitrogens is 3. The highest BCUT2D eigenvalue weighted by molar-refractivity contribution is 5.98. The van der Waals surface area contributed by atoms with Gasteiger partial charge in [0.1, 0.15) is 22.8 Å². The molecule has 11 heteroatoms. The summed E-state index contributed by atoms with van der Waals surface area (Å²) in [6, 6.07) is 6.49. The zero-order valence-electron chi connectivity index (χ0n) is 24.8. The number of hydrogen-bond acceptors (Lipinski definition) is 6. The molecule has 2 aromatic heterocycles. The van der Waals surface area contributed by atoms with E-state index in [0.717, 1.165) is 21.9 Å². The summed E-state index contributed by atoms with van der Waals surface area (Å²) in [5, 5.41) is 9.51. The topological polar surface area (TPSA) is 115 Å². The third kappa shape index (κ3) is 8.08. The lowest BCUT2D eigenvalue weighted by molar-refractivity contribution is -0.153. The number of halogens is 2. The first-order valence-corrected chi connectivity index (χ1v) is 13.9. The molecule has 4 rings (SSSR count). The molecule has 0 saturated heterocycles. The Morgan fingerprint density at radius 1 is 1.12 bits per heavy atom. The molecule has 3 aromatic rings. The third-order valence-electron chi connectivity index (χ3n) is 6.26. The number of ether oxygens (including phenoxy) is 1. The average molecular weight is 582 g/mol. The summed E-state index contributed by atoms with van der Waals surface area (Å²) < 4.78 is 34.0. The largest absolute Gasteiger partial charge is 0.460 e. The van der Waals surface area contributed by atoms with Crippen molar-refractivity contribution in [2.24, 2.45) is 0 Å². The van der Waals surface area contributed by atoms with Gasteiger partial charge in [-0.15, -0.1) is 0 Å². The van der Waals surface area contributed by atoms with Gasteiger partial charge in [-0.1, -0.05) is 38.1 Å². The SMILES string of the molecule is C/C=C1\C(=C/CC(=O)OC(C)(C)C)CCC1NC(=O)c1cc(C(=O)NCc2ccc(F)cc2)nc2c(F)cnn12.CC. The highest BCUT2D eigenvalue weighted by Crippen LogP contribution is 2.31. The standard InChI is InChI=1S/C29H31F2N5O4.C2H6/c1-5-20-18(9-13-25(37)40-29(2,3)4)8-12-22(20)35-28(39)24-14-23(34-26-21(31)16-33-36(24)26)27(38)32-15-17-6-10-19(30)11-7-17;1-2/h5-7,9-11,14,16,22H,8,12-13,15H2,1-4H3,(H,32,38)(H,35,39);1-2H3/b18-9-,20-5+;. The van der Waals surface area contributed by atoms with E-state index >= 15 is 0 Å². The summed E-state index contributed by atoms with van der Waals surface area (Å²) in [6.07, 6.45) is 5.96. The zero-order valence-corrected chi connectivity index (χ0v) is 24.8. The summed E-state index contributed by atoms with van der Waals surface area (Å²) in [5.41, 5.74) is 1.37. The maximum atomic E-state index is 14.4. The molecule has 9 nitrogen and oxygen atoms in total. The molecule has 224 valence electrons. The number of nitrogens with zero attached hydrogens (tertiary/aromatic N) is 3. The van der Waals surface area contributed by atoms with Gasteiger partial charge in [0.2, 0.25) is 0 Å². The van der Waals surface area contributed by atoms with Crippen LogP contribution in [0.5, 0.6) is 0 Å². The van der Waals surface area contributed by atoms with E-state index in [9.17, 15) is 23.2 Å². The van der Waals surface area contributed by atoms with Gasteiger partial charge in [-0.05, 0) is 69.4 Å². The second-order valence-electron chi connectivity index (χ2n) is 10.4. The Kier molecular flexibility index (Phi) is 10.7. The van der Waals surface area contributed by atoms with E-state index in [0.29, 0.717) is 18.4 Å². The number of carbonyl (C=O) groups is 3. The first-order chi connectivity index (χ1) is 19.9. The number of fused-ring (bicyclic) bond motifs is 1. The van der Waals surface area contributed by atoms with Crippen LogP contribution in [0.3, 0.4) is 0 Å². The molecule has 2 amide bonds. The van der Waals surface area contributed by atoms with Crippen LogP contribution < -0.4 is 10.6 Å². The van der Waals surface area contributed by atoms with Crippen LogP contribution >= 0.6 is 0 Å². The summed E-state index contributed by atoms with van der Waals surface area (Å²) in [5.74, 6) is -2.73. The minimum Gasteiger partial charge on any atom is -0.460 e. The Bertz CT molecular complexity index is 1500. The highest BCUT2D eigenvalue weighted by Gasteiger charge is 2.29. The number of esters is 1. The fraction of sp³-hybridized carbons (Fsp3) is 0.387. The van der Waals surface area contributed by atoms with E-state index < -0.39 is 29.0 Å². The van der Waals surface area contributed by atoms with Crippen LogP contribution in [-0.4, -0.2) is 44.0 Å². The van der Waals surface area contributed by atoms with Gasteiger partial charge < -0.3 is 15.4 Å². The number of carbonyl (C=O) groups excluding carboxylic acids is 3. The Morgan fingerprint density at radius 3 is 2.45 bits per heavy atom. The van der Waals surface area contributed by atoms with Crippen molar-refractivity contribution in [1.82, 2.24) is 25.2 Å². The number of amides is 2. The van der Waals surface area contributed by atoms with Gasteiger partial charge in [0.15, 0.2) is 11.5 Å². The normalized spacial score (nSPS) is 16.7. The number of allylic oxidation sites excluding steroid dienone is 1. The molecule has 0 bridgehead atoms. The lowest BCUT2D eigenvalue weighted by Crippen LogP contribution is -2.35. The van der Waals surface area contributed by atoms with Gasteiger partial charge in [-0.25, -0.2) is 18.3 Å². The van der Waals surface area contributed by atoms with Crippen molar-refractivity contribution in [2.45, 2.75) is 79.0 Å². The molecule has 1 saturated carbocycles. The quantitative estimate of drug-likeness (QED) is 0.358. The Morgan fingerprint density at radius 2 is 1.81 bits per heavy atom. The second-order valence-corrected chi connectivity index (χ2v) is 10.4. The van der Waals surface area contributed by atoms with Crippen molar-refractivity contribution in [3.63, 3.8) is 0 Å². The molecule has 1 unspecified atom stereocenters. The summed E-state index contributed by atoms with van der Waals surface area (Å²) in [4.78, 5) is 42.5.